The Labute approximate surface area is 221 Å². The van der Waals surface area contributed by atoms with Gasteiger partial charge in [-0.2, -0.15) is 4.31 Å². The Kier molecular flexibility index (Phi) is 8.27. The van der Waals surface area contributed by atoms with Crippen LogP contribution in [0.5, 0.6) is 0 Å². The number of sulfonamides is 1. The van der Waals surface area contributed by atoms with Crippen molar-refractivity contribution in [2.24, 2.45) is 0 Å². The molecule has 2 aromatic carbocycles. The highest BCUT2D eigenvalue weighted by Gasteiger charge is 2.25. The molecule has 37 heavy (non-hydrogen) atoms. The number of carbonyl (C=O) groups excluding carboxylic acids is 1. The van der Waals surface area contributed by atoms with Crippen LogP contribution in [-0.2, 0) is 23.0 Å². The second-order valence-corrected chi connectivity index (χ2v) is 11.2. The summed E-state index contributed by atoms with van der Waals surface area (Å²) >= 11 is 1.44. The highest BCUT2D eigenvalue weighted by molar-refractivity contribution is 7.89. The monoisotopic (exact) mass is 532 g/mol. The Balaban J connectivity index is 1.70. The van der Waals surface area contributed by atoms with Crippen LogP contribution in [0.4, 0.5) is 5.13 Å². The molecule has 0 spiro atoms. The SMILES string of the molecule is C=CCN(CC=C)S(=O)(=O)c1ccc(C(=O)N(Cc2ccccn2)c2nc3c(CC)cccc3s2)cc1. The summed E-state index contributed by atoms with van der Waals surface area (Å²) in [4.78, 5) is 24.7. The van der Waals surface area contributed by atoms with Crippen molar-refractivity contribution in [3.63, 3.8) is 0 Å². The van der Waals surface area contributed by atoms with Crippen LogP contribution in [0.25, 0.3) is 10.2 Å². The van der Waals surface area contributed by atoms with Crippen molar-refractivity contribution in [3.05, 3.63) is 109 Å². The number of thiazole rings is 1. The predicted octanol–water partition coefficient (Wildman–Crippen LogP) is 5.46. The number of aromatic nitrogens is 2. The molecule has 1 amide bonds. The van der Waals surface area contributed by atoms with Crippen LogP contribution < -0.4 is 4.90 Å². The second-order valence-electron chi connectivity index (χ2n) is 8.25. The van der Waals surface area contributed by atoms with E-state index in [0.717, 1.165) is 27.9 Å². The van der Waals surface area contributed by atoms with Crippen molar-refractivity contribution in [2.75, 3.05) is 18.0 Å². The Hall–Kier alpha value is -3.66. The normalized spacial score (nSPS) is 11.5. The van der Waals surface area contributed by atoms with Gasteiger partial charge in [0.25, 0.3) is 5.91 Å². The molecule has 4 aromatic rings. The van der Waals surface area contributed by atoms with Crippen molar-refractivity contribution < 1.29 is 13.2 Å². The standard InChI is InChI=1S/C28H28N4O3S2/c1-4-18-31(19-5-2)37(34,35)24-15-13-22(14-16-24)27(33)32(20-23-11-7-8-17-29-23)28-30-26-21(6-3)10-9-12-25(26)36-28/h4-5,7-17H,1-2,6,18-20H2,3H3. The third-order valence-corrected chi connectivity index (χ3v) is 8.69. The van der Waals surface area contributed by atoms with E-state index >= 15 is 0 Å². The van der Waals surface area contributed by atoms with Crippen LogP contribution in [-0.4, -0.2) is 41.7 Å². The maximum absolute atomic E-state index is 13.8. The van der Waals surface area contributed by atoms with E-state index < -0.39 is 10.0 Å². The van der Waals surface area contributed by atoms with E-state index in [9.17, 15) is 13.2 Å². The molecule has 190 valence electrons. The lowest BCUT2D eigenvalue weighted by molar-refractivity contribution is 0.0984. The topological polar surface area (TPSA) is 83.5 Å². The lowest BCUT2D eigenvalue weighted by Crippen LogP contribution is -2.32. The van der Waals surface area contributed by atoms with Crippen LogP contribution in [0, 0.1) is 0 Å². The predicted molar refractivity (Wildman–Crippen MR) is 149 cm³/mol. The minimum atomic E-state index is -3.77. The van der Waals surface area contributed by atoms with Crippen molar-refractivity contribution >= 4 is 42.6 Å². The zero-order chi connectivity index (χ0) is 26.4. The molecule has 0 aliphatic carbocycles. The molecule has 0 saturated carbocycles. The third kappa shape index (κ3) is 5.69. The van der Waals surface area contributed by atoms with E-state index in [0.29, 0.717) is 10.7 Å². The second kappa shape index (κ2) is 11.6. The molecular formula is C28H28N4O3S2. The van der Waals surface area contributed by atoms with Gasteiger partial charge in [0.15, 0.2) is 5.13 Å². The lowest BCUT2D eigenvalue weighted by Gasteiger charge is -2.21. The van der Waals surface area contributed by atoms with Crippen LogP contribution in [0.15, 0.2) is 97.1 Å². The number of amides is 1. The van der Waals surface area contributed by atoms with Gasteiger partial charge >= 0.3 is 0 Å². The average molecular weight is 533 g/mol. The van der Waals surface area contributed by atoms with Gasteiger partial charge < -0.3 is 0 Å². The van der Waals surface area contributed by atoms with Gasteiger partial charge in [0.2, 0.25) is 10.0 Å². The number of anilines is 1. The maximum atomic E-state index is 13.8. The molecule has 4 rings (SSSR count). The van der Waals surface area contributed by atoms with Gasteiger partial charge in [-0.05, 0) is 54.4 Å². The van der Waals surface area contributed by atoms with E-state index in [1.54, 1.807) is 11.1 Å². The fourth-order valence-corrected chi connectivity index (χ4v) is 6.30. The zero-order valence-corrected chi connectivity index (χ0v) is 22.2. The summed E-state index contributed by atoms with van der Waals surface area (Å²) in [7, 11) is -3.77. The first kappa shape index (κ1) is 26.4. The van der Waals surface area contributed by atoms with E-state index in [1.165, 1.54) is 52.1 Å². The molecule has 2 heterocycles. The number of fused-ring (bicyclic) bond motifs is 1. The molecule has 0 bridgehead atoms. The molecule has 0 N–H and O–H groups in total. The number of benzene rings is 2. The smallest absolute Gasteiger partial charge is 0.260 e. The third-order valence-electron chi connectivity index (χ3n) is 5.80. The first-order valence-electron chi connectivity index (χ1n) is 11.8. The van der Waals surface area contributed by atoms with Crippen molar-refractivity contribution in [2.45, 2.75) is 24.8 Å². The summed E-state index contributed by atoms with van der Waals surface area (Å²) in [5, 5.41) is 0.561. The van der Waals surface area contributed by atoms with Gasteiger partial charge in [-0.25, -0.2) is 13.4 Å². The van der Waals surface area contributed by atoms with E-state index in [4.69, 9.17) is 4.98 Å². The maximum Gasteiger partial charge on any atom is 0.260 e. The minimum Gasteiger partial charge on any atom is -0.278 e. The minimum absolute atomic E-state index is 0.0941. The Bertz CT molecular complexity index is 1500. The average Bonchev–Trinajstić information content (AvgIpc) is 3.36. The molecule has 2 aromatic heterocycles. The first-order valence-corrected chi connectivity index (χ1v) is 14.1. The van der Waals surface area contributed by atoms with Crippen molar-refractivity contribution in [3.8, 4) is 0 Å². The van der Waals surface area contributed by atoms with Gasteiger partial charge in [0, 0.05) is 24.8 Å². The van der Waals surface area contributed by atoms with Crippen molar-refractivity contribution in [1.29, 1.82) is 0 Å². The molecule has 9 heteroatoms. The number of rotatable bonds is 11. The van der Waals surface area contributed by atoms with Crippen LogP contribution >= 0.6 is 11.3 Å². The molecule has 7 nitrogen and oxygen atoms in total. The Morgan fingerprint density at radius 2 is 1.73 bits per heavy atom. The number of carbonyl (C=O) groups is 1. The van der Waals surface area contributed by atoms with Gasteiger partial charge in [0.05, 0.1) is 27.4 Å². The summed E-state index contributed by atoms with van der Waals surface area (Å²) in [6.45, 7) is 9.89. The molecule has 0 radical (unpaired) electrons. The Morgan fingerprint density at radius 1 is 1.00 bits per heavy atom. The number of nitrogens with zero attached hydrogens (tertiary/aromatic N) is 4. The van der Waals surface area contributed by atoms with Gasteiger partial charge in [-0.3, -0.25) is 14.7 Å². The van der Waals surface area contributed by atoms with Gasteiger partial charge in [-0.1, -0.05) is 48.6 Å². The molecule has 0 saturated heterocycles. The summed E-state index contributed by atoms with van der Waals surface area (Å²) in [6.07, 6.45) is 5.57. The largest absolute Gasteiger partial charge is 0.278 e. The number of hydrogen-bond acceptors (Lipinski definition) is 6. The molecule has 0 aliphatic heterocycles. The number of para-hydroxylation sites is 1. The number of pyridine rings is 1. The van der Waals surface area contributed by atoms with Crippen molar-refractivity contribution in [1.82, 2.24) is 14.3 Å². The first-order chi connectivity index (χ1) is 17.9. The van der Waals surface area contributed by atoms with Crippen LogP contribution in [0.3, 0.4) is 0 Å². The van der Waals surface area contributed by atoms with E-state index in [2.05, 4.69) is 25.1 Å². The molecule has 0 aliphatic rings. The quantitative estimate of drug-likeness (QED) is 0.240. The zero-order valence-electron chi connectivity index (χ0n) is 20.6. The molecular weight excluding hydrogens is 504 g/mol. The van der Waals surface area contributed by atoms with Gasteiger partial charge in [-0.15, -0.1) is 13.2 Å². The van der Waals surface area contributed by atoms with Crippen LogP contribution in [0.2, 0.25) is 0 Å². The fourth-order valence-electron chi connectivity index (χ4n) is 3.91. The van der Waals surface area contributed by atoms with Crippen LogP contribution in [0.1, 0.15) is 28.5 Å². The Morgan fingerprint density at radius 3 is 2.35 bits per heavy atom. The molecule has 0 fully saturated rings. The van der Waals surface area contributed by atoms with Gasteiger partial charge in [0.1, 0.15) is 0 Å². The highest BCUT2D eigenvalue weighted by Crippen LogP contribution is 2.33. The summed E-state index contributed by atoms with van der Waals surface area (Å²) < 4.78 is 28.4. The summed E-state index contributed by atoms with van der Waals surface area (Å²) in [5.74, 6) is -0.291. The molecule has 0 unspecified atom stereocenters. The molecule has 0 atom stereocenters. The summed E-state index contributed by atoms with van der Waals surface area (Å²) in [6, 6.07) is 17.6. The van der Waals surface area contributed by atoms with E-state index in [-0.39, 0.29) is 30.4 Å². The number of hydrogen-bond donors (Lipinski definition) is 0. The summed E-state index contributed by atoms with van der Waals surface area (Å²) in [5.41, 5.74) is 3.07. The highest BCUT2D eigenvalue weighted by atomic mass is 32.2. The lowest BCUT2D eigenvalue weighted by atomic mass is 10.1. The van der Waals surface area contributed by atoms with E-state index in [1.807, 2.05) is 36.4 Å². The number of aryl methyl sites for hydroxylation is 1. The fraction of sp³-hybridized carbons (Fsp3) is 0.179.